The highest BCUT2D eigenvalue weighted by molar-refractivity contribution is 5.94. The summed E-state index contributed by atoms with van der Waals surface area (Å²) in [6.45, 7) is 0.0530. The number of carboxylic acid groups (broad SMARTS) is 1. The molecule has 148 valence electrons. The molecule has 10 heteroatoms. The van der Waals surface area contributed by atoms with Crippen molar-refractivity contribution < 1.29 is 28.2 Å². The second-order valence-electron chi connectivity index (χ2n) is 6.94. The van der Waals surface area contributed by atoms with Crippen molar-refractivity contribution >= 4 is 28.5 Å². The predicted molar refractivity (Wildman–Crippen MR) is 94.5 cm³/mol. The van der Waals surface area contributed by atoms with Gasteiger partial charge in [-0.1, -0.05) is 0 Å². The first-order chi connectivity index (χ1) is 13.3. The molecule has 3 N–H and O–H groups in total. The minimum atomic E-state index is -1.45. The maximum atomic E-state index is 15.5. The van der Waals surface area contributed by atoms with Crippen LogP contribution in [0.4, 0.5) is 14.5 Å². The van der Waals surface area contributed by atoms with E-state index in [0.717, 1.165) is 12.3 Å². The molecule has 0 spiro atoms. The number of primary amides is 1. The largest absolute Gasteiger partial charge is 0.477 e. The summed E-state index contributed by atoms with van der Waals surface area (Å²) in [7, 11) is 0. The van der Waals surface area contributed by atoms with Crippen LogP contribution in [0.5, 0.6) is 0 Å². The number of carbonyl (C=O) groups excluding carboxylic acids is 1. The third-order valence-corrected chi connectivity index (χ3v) is 5.05. The monoisotopic (exact) mass is 393 g/mol. The molecule has 1 aromatic carbocycles. The first-order valence-corrected chi connectivity index (χ1v) is 8.75. The van der Waals surface area contributed by atoms with E-state index in [0.29, 0.717) is 12.8 Å². The highest BCUT2D eigenvalue weighted by Gasteiger charge is 2.33. The number of hydrogen-bond acceptors (Lipinski definition) is 5. The van der Waals surface area contributed by atoms with Gasteiger partial charge in [-0.3, -0.25) is 9.59 Å². The smallest absolute Gasteiger partial charge is 0.341 e. The molecule has 1 aliphatic carbocycles. The Hall–Kier alpha value is -3.01. The molecule has 1 saturated heterocycles. The summed E-state index contributed by atoms with van der Waals surface area (Å²) in [5.41, 5.74) is 3.22. The fourth-order valence-corrected chi connectivity index (χ4v) is 3.54. The van der Waals surface area contributed by atoms with Crippen molar-refractivity contribution in [2.45, 2.75) is 25.0 Å². The number of rotatable bonds is 4. The Kier molecular flexibility index (Phi) is 4.30. The van der Waals surface area contributed by atoms with E-state index in [-0.39, 0.29) is 42.3 Å². The molecule has 1 atom stereocenters. The Bertz CT molecular complexity index is 1060. The maximum absolute atomic E-state index is 15.5. The van der Waals surface area contributed by atoms with Crippen LogP contribution in [-0.4, -0.2) is 47.4 Å². The number of carboxylic acids is 1. The van der Waals surface area contributed by atoms with Gasteiger partial charge in [0.2, 0.25) is 11.3 Å². The summed E-state index contributed by atoms with van der Waals surface area (Å²) in [5.74, 6) is -4.19. The Balaban J connectivity index is 1.94. The number of amides is 1. The standard InChI is InChI=1S/C18H17F2N3O5/c19-11-5-9-14(23(8-1-2-8)6-10(16(9)24)18(26)27)13(20)15(11)22-3-4-28-12(7-22)17(21)25/h5-6,8,12H,1-4,7H2,(H2,21,25)(H,26,27). The van der Waals surface area contributed by atoms with E-state index in [1.54, 1.807) is 0 Å². The number of nitrogens with two attached hydrogens (primary N) is 1. The summed E-state index contributed by atoms with van der Waals surface area (Å²) in [6.07, 6.45) is 1.50. The van der Waals surface area contributed by atoms with Gasteiger partial charge in [0, 0.05) is 18.8 Å². The van der Waals surface area contributed by atoms with E-state index in [9.17, 15) is 23.9 Å². The van der Waals surface area contributed by atoms with Crippen molar-refractivity contribution in [1.29, 1.82) is 0 Å². The quantitative estimate of drug-likeness (QED) is 0.801. The first-order valence-electron chi connectivity index (χ1n) is 8.75. The zero-order valence-electron chi connectivity index (χ0n) is 14.7. The lowest BCUT2D eigenvalue weighted by molar-refractivity contribution is -0.130. The number of nitrogens with zero attached hydrogens (tertiary/aromatic N) is 2. The van der Waals surface area contributed by atoms with Crippen LogP contribution in [0.3, 0.4) is 0 Å². The van der Waals surface area contributed by atoms with Crippen LogP contribution in [0, 0.1) is 11.6 Å². The number of aromatic carboxylic acids is 1. The molecule has 2 aliphatic rings. The number of halogens is 2. The van der Waals surface area contributed by atoms with Crippen LogP contribution in [0.2, 0.25) is 0 Å². The summed E-state index contributed by atoms with van der Waals surface area (Å²) in [4.78, 5) is 36.6. The molecular weight excluding hydrogens is 376 g/mol. The zero-order chi connectivity index (χ0) is 20.2. The van der Waals surface area contributed by atoms with Gasteiger partial charge in [0.25, 0.3) is 0 Å². The molecule has 8 nitrogen and oxygen atoms in total. The van der Waals surface area contributed by atoms with E-state index >= 15 is 4.39 Å². The second kappa shape index (κ2) is 6.55. The van der Waals surface area contributed by atoms with E-state index < -0.39 is 40.6 Å². The summed E-state index contributed by atoms with van der Waals surface area (Å²) >= 11 is 0. The van der Waals surface area contributed by atoms with Gasteiger partial charge in [-0.25, -0.2) is 13.6 Å². The van der Waals surface area contributed by atoms with Crippen molar-refractivity contribution in [3.05, 3.63) is 39.7 Å². The predicted octanol–water partition coefficient (Wildman–Crippen LogP) is 1.00. The number of benzene rings is 1. The normalized spacial score (nSPS) is 19.8. The Morgan fingerprint density at radius 3 is 2.61 bits per heavy atom. The van der Waals surface area contributed by atoms with Gasteiger partial charge in [-0.05, 0) is 18.9 Å². The van der Waals surface area contributed by atoms with E-state index in [1.165, 1.54) is 9.47 Å². The lowest BCUT2D eigenvalue weighted by Gasteiger charge is -2.33. The molecule has 1 aliphatic heterocycles. The zero-order valence-corrected chi connectivity index (χ0v) is 14.7. The van der Waals surface area contributed by atoms with E-state index in [1.807, 2.05) is 0 Å². The summed E-state index contributed by atoms with van der Waals surface area (Å²) < 4.78 is 36.9. The van der Waals surface area contributed by atoms with Crippen LogP contribution in [0.25, 0.3) is 10.9 Å². The molecule has 2 heterocycles. The first kappa shape index (κ1) is 18.4. The van der Waals surface area contributed by atoms with Crippen molar-refractivity contribution in [1.82, 2.24) is 4.57 Å². The topological polar surface area (TPSA) is 115 Å². The number of morpholine rings is 1. The maximum Gasteiger partial charge on any atom is 0.341 e. The number of anilines is 1. The molecule has 1 aromatic heterocycles. The molecule has 28 heavy (non-hydrogen) atoms. The Morgan fingerprint density at radius 2 is 2.00 bits per heavy atom. The molecule has 4 rings (SSSR count). The van der Waals surface area contributed by atoms with Crippen molar-refractivity contribution in [2.75, 3.05) is 24.6 Å². The molecule has 1 amide bonds. The summed E-state index contributed by atoms with van der Waals surface area (Å²) in [6, 6.07) is 0.702. The molecule has 1 saturated carbocycles. The molecule has 0 radical (unpaired) electrons. The molecule has 2 aromatic rings. The van der Waals surface area contributed by atoms with Crippen LogP contribution in [0.1, 0.15) is 29.2 Å². The van der Waals surface area contributed by atoms with E-state index in [4.69, 9.17) is 10.5 Å². The third-order valence-electron chi connectivity index (χ3n) is 5.05. The van der Waals surface area contributed by atoms with Crippen molar-refractivity contribution in [2.24, 2.45) is 5.73 Å². The van der Waals surface area contributed by atoms with Crippen LogP contribution >= 0.6 is 0 Å². The molecule has 1 unspecified atom stereocenters. The van der Waals surface area contributed by atoms with Crippen molar-refractivity contribution in [3.63, 3.8) is 0 Å². The highest BCUT2D eigenvalue weighted by Crippen LogP contribution is 2.39. The minimum Gasteiger partial charge on any atom is -0.477 e. The lowest BCUT2D eigenvalue weighted by atomic mass is 10.1. The Labute approximate surface area is 157 Å². The van der Waals surface area contributed by atoms with Gasteiger partial charge in [0.05, 0.1) is 24.1 Å². The van der Waals surface area contributed by atoms with E-state index in [2.05, 4.69) is 0 Å². The average Bonchev–Trinajstić information content (AvgIpc) is 3.47. The molecule has 2 fully saturated rings. The fraction of sp³-hybridized carbons (Fsp3) is 0.389. The third kappa shape index (κ3) is 2.89. The number of carbonyl (C=O) groups is 2. The molecular formula is C18H17F2N3O5. The van der Waals surface area contributed by atoms with Crippen LogP contribution in [-0.2, 0) is 9.53 Å². The van der Waals surface area contributed by atoms with Crippen molar-refractivity contribution in [3.8, 4) is 0 Å². The van der Waals surface area contributed by atoms with Gasteiger partial charge in [-0.15, -0.1) is 0 Å². The average molecular weight is 393 g/mol. The number of aromatic nitrogens is 1. The van der Waals surface area contributed by atoms with Gasteiger partial charge in [0.1, 0.15) is 17.1 Å². The second-order valence-corrected chi connectivity index (χ2v) is 6.94. The van der Waals surface area contributed by atoms with Gasteiger partial charge < -0.3 is 25.0 Å². The molecule has 0 bridgehead atoms. The van der Waals surface area contributed by atoms with Crippen LogP contribution in [0.15, 0.2) is 17.1 Å². The summed E-state index contributed by atoms with van der Waals surface area (Å²) in [5, 5.41) is 8.93. The lowest BCUT2D eigenvalue weighted by Crippen LogP contribution is -2.49. The number of fused-ring (bicyclic) bond motifs is 1. The minimum absolute atomic E-state index is 0.0535. The Morgan fingerprint density at radius 1 is 1.29 bits per heavy atom. The fourth-order valence-electron chi connectivity index (χ4n) is 3.54. The van der Waals surface area contributed by atoms with Crippen LogP contribution < -0.4 is 16.1 Å². The van der Waals surface area contributed by atoms with Gasteiger partial charge in [-0.2, -0.15) is 0 Å². The highest BCUT2D eigenvalue weighted by atomic mass is 19.1. The van der Waals surface area contributed by atoms with Gasteiger partial charge in [0.15, 0.2) is 11.9 Å². The number of ether oxygens (including phenoxy) is 1. The van der Waals surface area contributed by atoms with Gasteiger partial charge >= 0.3 is 5.97 Å². The number of hydrogen-bond donors (Lipinski definition) is 2. The SMILES string of the molecule is NC(=O)C1CN(c2c(F)cc3c(=O)c(C(=O)O)cn(C4CC4)c3c2F)CCO1. The number of pyridine rings is 1.